The summed E-state index contributed by atoms with van der Waals surface area (Å²) in [5, 5.41) is 15.2. The van der Waals surface area contributed by atoms with E-state index in [0.717, 1.165) is 56.3 Å². The maximum atomic E-state index is 12.5. The number of hydrogen-bond acceptors (Lipinski definition) is 4. The predicted molar refractivity (Wildman–Crippen MR) is 149 cm³/mol. The molecule has 1 saturated carbocycles. The van der Waals surface area contributed by atoms with Gasteiger partial charge in [-0.3, -0.25) is 4.79 Å². The van der Waals surface area contributed by atoms with Crippen molar-refractivity contribution in [3.63, 3.8) is 0 Å². The van der Waals surface area contributed by atoms with E-state index >= 15 is 0 Å². The highest BCUT2D eigenvalue weighted by atomic mass is 127. The first-order valence-corrected chi connectivity index (χ1v) is 14.1. The lowest BCUT2D eigenvalue weighted by molar-refractivity contribution is -0.124. The van der Waals surface area contributed by atoms with Gasteiger partial charge in [0.05, 0.1) is 5.60 Å². The fourth-order valence-corrected chi connectivity index (χ4v) is 5.96. The molecule has 0 aromatic heterocycles. The zero-order valence-electron chi connectivity index (χ0n) is 21.0. The Bertz CT molecular complexity index is 909. The molecule has 4 atom stereocenters. The average Bonchev–Trinajstić information content (AvgIpc) is 3.31. The molecule has 0 heterocycles. The molecule has 35 heavy (non-hydrogen) atoms. The van der Waals surface area contributed by atoms with Crippen LogP contribution in [0.5, 0.6) is 11.5 Å². The molecule has 1 aliphatic rings. The number of halogens is 1. The van der Waals surface area contributed by atoms with Crippen molar-refractivity contribution in [1.29, 1.82) is 0 Å². The summed E-state index contributed by atoms with van der Waals surface area (Å²) < 4.78 is 12.1. The molecule has 0 radical (unpaired) electrons. The van der Waals surface area contributed by atoms with Crippen LogP contribution in [0.1, 0.15) is 63.9 Å². The third-order valence-electron chi connectivity index (χ3n) is 7.15. The Hall–Kier alpha value is -1.64. The molecule has 1 amide bonds. The highest BCUT2D eigenvalue weighted by molar-refractivity contribution is 14.1. The van der Waals surface area contributed by atoms with Crippen LogP contribution in [0, 0.1) is 11.8 Å². The Morgan fingerprint density at radius 3 is 2.57 bits per heavy atom. The molecule has 1 fully saturated rings. The highest BCUT2D eigenvalue weighted by Gasteiger charge is 2.37. The van der Waals surface area contributed by atoms with Gasteiger partial charge in [-0.05, 0) is 75.5 Å². The Kier molecular flexibility index (Phi) is 11.3. The van der Waals surface area contributed by atoms with Crippen LogP contribution in [0.3, 0.4) is 0 Å². The number of para-hydroxylation sites is 2. The van der Waals surface area contributed by atoms with E-state index in [-0.39, 0.29) is 17.7 Å². The first-order chi connectivity index (χ1) is 16.9. The zero-order valence-corrected chi connectivity index (χ0v) is 23.2. The summed E-state index contributed by atoms with van der Waals surface area (Å²) >= 11 is 2.45. The van der Waals surface area contributed by atoms with Crippen LogP contribution in [0.15, 0.2) is 54.6 Å². The Balaban J connectivity index is 1.67. The van der Waals surface area contributed by atoms with E-state index in [1.54, 1.807) is 7.11 Å². The van der Waals surface area contributed by atoms with E-state index in [4.69, 9.17) is 9.47 Å². The molecule has 0 spiro atoms. The van der Waals surface area contributed by atoms with E-state index in [2.05, 4.69) is 34.8 Å². The average molecular weight is 594 g/mol. The van der Waals surface area contributed by atoms with Crippen LogP contribution in [-0.4, -0.2) is 35.2 Å². The van der Waals surface area contributed by atoms with Gasteiger partial charge in [0.1, 0.15) is 11.5 Å². The van der Waals surface area contributed by atoms with Gasteiger partial charge in [0.15, 0.2) is 0 Å². The van der Waals surface area contributed by atoms with Gasteiger partial charge in [0.25, 0.3) is 0 Å². The van der Waals surface area contributed by atoms with Gasteiger partial charge in [-0.15, -0.1) is 0 Å². The summed E-state index contributed by atoms with van der Waals surface area (Å²) in [5.74, 6) is 1.77. The largest absolute Gasteiger partial charge is 0.457 e. The number of ether oxygens (including phenoxy) is 2. The van der Waals surface area contributed by atoms with E-state index in [1.165, 1.54) is 0 Å². The van der Waals surface area contributed by atoms with Gasteiger partial charge < -0.3 is 19.9 Å². The van der Waals surface area contributed by atoms with Gasteiger partial charge in [0, 0.05) is 35.7 Å². The number of nitrogens with one attached hydrogen (secondary N) is 1. The molecule has 2 aromatic rings. The lowest BCUT2D eigenvalue weighted by atomic mass is 9.76. The molecule has 2 aromatic carbocycles. The molecular formula is C29H40INO4. The molecule has 0 aliphatic heterocycles. The van der Waals surface area contributed by atoms with Crippen molar-refractivity contribution in [2.45, 2.75) is 67.8 Å². The van der Waals surface area contributed by atoms with Crippen molar-refractivity contribution in [2.75, 3.05) is 20.3 Å². The summed E-state index contributed by atoms with van der Waals surface area (Å²) in [6.07, 6.45) is 7.12. The standard InChI is InChI=1S/C29H40INO4/c1-22(11-10-19-31-28(32)23-16-17-24(30)21-23)29(33,18-8-9-20-34-2)26-14-6-7-15-27(26)35-25-12-4-3-5-13-25/h3-7,12-15,22-24,33H,8-11,16-21H2,1-2H3,(H,31,32)/t22-,23+,24-,29?/m0/s1. The maximum absolute atomic E-state index is 12.5. The van der Waals surface area contributed by atoms with Gasteiger partial charge >= 0.3 is 0 Å². The number of rotatable bonds is 14. The Morgan fingerprint density at radius 1 is 1.11 bits per heavy atom. The van der Waals surface area contributed by atoms with E-state index in [0.29, 0.717) is 29.2 Å². The highest BCUT2D eigenvalue weighted by Crippen LogP contribution is 2.42. The monoisotopic (exact) mass is 593 g/mol. The number of methoxy groups -OCH3 is 1. The topological polar surface area (TPSA) is 67.8 Å². The SMILES string of the molecule is COCCCCC(O)(c1ccccc1Oc1ccccc1)[C@@H](C)CCCNC(=O)[C@@H]1CC[C@H](I)C1. The van der Waals surface area contributed by atoms with Crippen molar-refractivity contribution >= 4 is 28.5 Å². The summed E-state index contributed by atoms with van der Waals surface area (Å²) in [5.41, 5.74) is -0.222. The number of amides is 1. The maximum Gasteiger partial charge on any atom is 0.223 e. The number of carbonyl (C=O) groups excluding carboxylic acids is 1. The van der Waals surface area contributed by atoms with E-state index in [9.17, 15) is 9.90 Å². The van der Waals surface area contributed by atoms with Crippen LogP contribution >= 0.6 is 22.6 Å². The molecule has 6 heteroatoms. The minimum absolute atomic E-state index is 0.00678. The van der Waals surface area contributed by atoms with Crippen molar-refractivity contribution in [3.8, 4) is 11.5 Å². The number of benzene rings is 2. The van der Waals surface area contributed by atoms with Crippen molar-refractivity contribution in [1.82, 2.24) is 5.32 Å². The Morgan fingerprint density at radius 2 is 1.86 bits per heavy atom. The van der Waals surface area contributed by atoms with E-state index in [1.807, 2.05) is 54.6 Å². The van der Waals surface area contributed by atoms with Gasteiger partial charge in [0.2, 0.25) is 5.91 Å². The molecule has 5 nitrogen and oxygen atoms in total. The normalized spacial score (nSPS) is 20.2. The fraction of sp³-hybridized carbons (Fsp3) is 0.552. The first kappa shape index (κ1) is 27.9. The molecular weight excluding hydrogens is 553 g/mol. The molecule has 3 rings (SSSR count). The van der Waals surface area contributed by atoms with Crippen LogP contribution in [-0.2, 0) is 15.1 Å². The van der Waals surface area contributed by atoms with Crippen LogP contribution < -0.4 is 10.1 Å². The molecule has 1 unspecified atom stereocenters. The second-order valence-electron chi connectivity index (χ2n) is 9.73. The third-order valence-corrected chi connectivity index (χ3v) is 8.28. The number of carbonyl (C=O) groups is 1. The predicted octanol–water partition coefficient (Wildman–Crippen LogP) is 6.62. The van der Waals surface area contributed by atoms with Gasteiger partial charge in [-0.2, -0.15) is 0 Å². The summed E-state index contributed by atoms with van der Waals surface area (Å²) in [6, 6.07) is 17.5. The number of unbranched alkanes of at least 4 members (excludes halogenated alkanes) is 1. The summed E-state index contributed by atoms with van der Waals surface area (Å²) in [6.45, 7) is 3.43. The van der Waals surface area contributed by atoms with Gasteiger partial charge in [-0.25, -0.2) is 0 Å². The fourth-order valence-electron chi connectivity index (χ4n) is 4.98. The van der Waals surface area contributed by atoms with Crippen LogP contribution in [0.25, 0.3) is 0 Å². The van der Waals surface area contributed by atoms with Crippen molar-refractivity contribution < 1.29 is 19.4 Å². The number of alkyl halides is 1. The number of hydrogen-bond donors (Lipinski definition) is 2. The van der Waals surface area contributed by atoms with Crippen molar-refractivity contribution in [2.24, 2.45) is 11.8 Å². The van der Waals surface area contributed by atoms with E-state index < -0.39 is 5.60 Å². The second kappa shape index (κ2) is 14.2. The van der Waals surface area contributed by atoms with Gasteiger partial charge in [-0.1, -0.05) is 65.9 Å². The molecule has 2 N–H and O–H groups in total. The zero-order chi connectivity index (χ0) is 25.1. The lowest BCUT2D eigenvalue weighted by Gasteiger charge is -2.36. The summed E-state index contributed by atoms with van der Waals surface area (Å²) in [4.78, 5) is 12.5. The third kappa shape index (κ3) is 8.19. The minimum atomic E-state index is -1.04. The molecule has 0 saturated heterocycles. The first-order valence-electron chi connectivity index (χ1n) is 12.9. The van der Waals surface area contributed by atoms with Crippen molar-refractivity contribution in [3.05, 3.63) is 60.2 Å². The molecule has 192 valence electrons. The second-order valence-corrected chi connectivity index (χ2v) is 11.5. The molecule has 1 aliphatic carbocycles. The Labute approximate surface area is 224 Å². The summed E-state index contributed by atoms with van der Waals surface area (Å²) in [7, 11) is 1.71. The smallest absolute Gasteiger partial charge is 0.223 e. The number of aliphatic hydroxyl groups is 1. The lowest BCUT2D eigenvalue weighted by Crippen LogP contribution is -2.35. The molecule has 0 bridgehead atoms. The van der Waals surface area contributed by atoms with Crippen LogP contribution in [0.2, 0.25) is 0 Å². The minimum Gasteiger partial charge on any atom is -0.457 e. The van der Waals surface area contributed by atoms with Crippen LogP contribution in [0.4, 0.5) is 0 Å². The quantitative estimate of drug-likeness (QED) is 0.147.